The van der Waals surface area contributed by atoms with Gasteiger partial charge in [-0.1, -0.05) is 79.7 Å². The molecule has 0 aromatic heterocycles. The van der Waals surface area contributed by atoms with Gasteiger partial charge in [0, 0.05) is 43.9 Å². The lowest BCUT2D eigenvalue weighted by Gasteiger charge is -2.31. The number of likely N-dealkylation sites (tertiary alicyclic amines) is 1. The molecule has 3 N–H and O–H groups in total. The van der Waals surface area contributed by atoms with Gasteiger partial charge in [-0.15, -0.1) is 0 Å². The summed E-state index contributed by atoms with van der Waals surface area (Å²) in [7, 11) is 0. The molecule has 3 aromatic carbocycles. The van der Waals surface area contributed by atoms with Crippen molar-refractivity contribution in [1.29, 1.82) is 0 Å². The minimum Gasteiger partial charge on any atom is -0.446 e. The van der Waals surface area contributed by atoms with Gasteiger partial charge in [-0.2, -0.15) is 0 Å². The number of rotatable bonds is 12. The van der Waals surface area contributed by atoms with Crippen molar-refractivity contribution in [2.75, 3.05) is 44.6 Å². The maximum atomic E-state index is 12.6. The Hall–Kier alpha value is -3.52. The molecule has 1 fully saturated rings. The zero-order chi connectivity index (χ0) is 26.6. The van der Waals surface area contributed by atoms with E-state index in [0.717, 1.165) is 74.5 Å². The first kappa shape index (κ1) is 27.5. The Bertz CT molecular complexity index is 1160. The van der Waals surface area contributed by atoms with Gasteiger partial charge in [-0.05, 0) is 36.6 Å². The minimum absolute atomic E-state index is 0.0971. The second-order valence-corrected chi connectivity index (χ2v) is 9.56. The highest BCUT2D eigenvalue weighted by Crippen LogP contribution is 2.28. The molecule has 200 valence electrons. The maximum Gasteiger partial charge on any atom is 0.411 e. The van der Waals surface area contributed by atoms with Crippen molar-refractivity contribution in [2.45, 2.75) is 32.4 Å². The Kier molecular flexibility index (Phi) is 10.4. The lowest BCUT2D eigenvalue weighted by molar-refractivity contribution is 0.0593. The largest absolute Gasteiger partial charge is 0.446 e. The molecule has 0 spiro atoms. The average Bonchev–Trinajstić information content (AvgIpc) is 2.96. The summed E-state index contributed by atoms with van der Waals surface area (Å²) in [4.78, 5) is 27.4. The highest BCUT2D eigenvalue weighted by molar-refractivity contribution is 5.97. The van der Waals surface area contributed by atoms with Gasteiger partial charge in [0.05, 0.1) is 12.2 Å². The van der Waals surface area contributed by atoms with E-state index in [9.17, 15) is 9.59 Å². The first-order chi connectivity index (χ1) is 18.6. The number of carbonyl (C=O) groups excluding carboxylic acids is 2. The number of hydrogen-bond donors (Lipinski definition) is 3. The molecule has 7 nitrogen and oxygen atoms in total. The Morgan fingerprint density at radius 1 is 0.895 bits per heavy atom. The van der Waals surface area contributed by atoms with E-state index < -0.39 is 6.09 Å². The quantitative estimate of drug-likeness (QED) is 0.234. The smallest absolute Gasteiger partial charge is 0.411 e. The van der Waals surface area contributed by atoms with Crippen molar-refractivity contribution in [3.8, 4) is 11.1 Å². The van der Waals surface area contributed by atoms with Crippen molar-refractivity contribution >= 4 is 17.6 Å². The molecule has 0 radical (unpaired) electrons. The zero-order valence-electron chi connectivity index (χ0n) is 22.1. The van der Waals surface area contributed by atoms with E-state index in [0.29, 0.717) is 6.54 Å². The number of Topliss-reactive ketones (excluding diaryl/α,β-unsaturated/α-hetero) is 1. The van der Waals surface area contributed by atoms with Crippen molar-refractivity contribution in [2.24, 2.45) is 0 Å². The second kappa shape index (κ2) is 14.4. The van der Waals surface area contributed by atoms with E-state index in [-0.39, 0.29) is 11.9 Å². The predicted octanol–water partition coefficient (Wildman–Crippen LogP) is 4.95. The molecule has 38 heavy (non-hydrogen) atoms. The summed E-state index contributed by atoms with van der Waals surface area (Å²) in [6, 6.07) is 25.6. The molecule has 0 atom stereocenters. The Morgan fingerprint density at radius 2 is 1.61 bits per heavy atom. The standard InChI is InChI=1S/C31H38N4O3/c1-2-32-22-24-12-14-26(15-13-24)30(36)23-33-18-21-35-19-16-27(17-20-35)38-31(37)34-29-11-7-6-10-28(29)25-8-4-3-5-9-25/h3-15,27,32-33H,2,16-23H2,1H3,(H,34,37). The van der Waals surface area contributed by atoms with E-state index in [4.69, 9.17) is 4.74 Å². The van der Waals surface area contributed by atoms with E-state index in [1.165, 1.54) is 5.56 Å². The van der Waals surface area contributed by atoms with Gasteiger partial charge in [0.1, 0.15) is 6.10 Å². The monoisotopic (exact) mass is 514 g/mol. The molecule has 0 unspecified atom stereocenters. The molecule has 7 heteroatoms. The predicted molar refractivity (Wildman–Crippen MR) is 152 cm³/mol. The first-order valence-electron chi connectivity index (χ1n) is 13.5. The Labute approximate surface area is 225 Å². The third kappa shape index (κ3) is 8.25. The highest BCUT2D eigenvalue weighted by Gasteiger charge is 2.22. The van der Waals surface area contributed by atoms with Crippen molar-refractivity contribution in [3.63, 3.8) is 0 Å². The zero-order valence-corrected chi connectivity index (χ0v) is 22.1. The fraction of sp³-hybridized carbons (Fsp3) is 0.355. The molecule has 0 aliphatic carbocycles. The number of amides is 1. The van der Waals surface area contributed by atoms with Gasteiger partial charge in [-0.25, -0.2) is 4.79 Å². The molecule has 1 aliphatic rings. The summed E-state index contributed by atoms with van der Waals surface area (Å²) in [5.74, 6) is 0.104. The Morgan fingerprint density at radius 3 is 2.34 bits per heavy atom. The highest BCUT2D eigenvalue weighted by atomic mass is 16.6. The molecular weight excluding hydrogens is 476 g/mol. The summed E-state index contributed by atoms with van der Waals surface area (Å²) in [5.41, 5.74) is 4.67. The third-order valence-electron chi connectivity index (χ3n) is 6.80. The lowest BCUT2D eigenvalue weighted by atomic mass is 10.0. The molecule has 4 rings (SSSR count). The van der Waals surface area contributed by atoms with Crippen molar-refractivity contribution in [1.82, 2.24) is 15.5 Å². The minimum atomic E-state index is -0.415. The molecule has 1 aliphatic heterocycles. The van der Waals surface area contributed by atoms with Crippen LogP contribution in [0.15, 0.2) is 78.9 Å². The molecule has 0 bridgehead atoms. The van der Waals surface area contributed by atoms with E-state index in [1.807, 2.05) is 78.9 Å². The molecule has 1 amide bonds. The summed E-state index contributed by atoms with van der Waals surface area (Å²) in [6.45, 7) is 7.48. The van der Waals surface area contributed by atoms with Crippen LogP contribution in [0.25, 0.3) is 11.1 Å². The van der Waals surface area contributed by atoms with Gasteiger partial charge in [0.25, 0.3) is 0 Å². The lowest BCUT2D eigenvalue weighted by Crippen LogP contribution is -2.42. The number of ketones is 1. The summed E-state index contributed by atoms with van der Waals surface area (Å²) in [5, 5.41) is 9.48. The van der Waals surface area contributed by atoms with Gasteiger partial charge in [-0.3, -0.25) is 10.1 Å². The second-order valence-electron chi connectivity index (χ2n) is 9.56. The Balaban J connectivity index is 1.13. The number of nitrogens with zero attached hydrogens (tertiary/aromatic N) is 1. The topological polar surface area (TPSA) is 82.7 Å². The van der Waals surface area contributed by atoms with Crippen LogP contribution in [-0.4, -0.2) is 62.1 Å². The van der Waals surface area contributed by atoms with Crippen molar-refractivity contribution in [3.05, 3.63) is 90.0 Å². The fourth-order valence-electron chi connectivity index (χ4n) is 4.62. The summed E-state index contributed by atoms with van der Waals surface area (Å²) >= 11 is 0. The SMILES string of the molecule is CCNCc1ccc(C(=O)CNCCN2CCC(OC(=O)Nc3ccccc3-c3ccccc3)CC2)cc1. The van der Waals surface area contributed by atoms with Crippen LogP contribution < -0.4 is 16.0 Å². The molecule has 1 heterocycles. The van der Waals surface area contributed by atoms with E-state index in [2.05, 4.69) is 27.8 Å². The van der Waals surface area contributed by atoms with Crippen LogP contribution in [0.2, 0.25) is 0 Å². The number of benzene rings is 3. The maximum absolute atomic E-state index is 12.6. The summed E-state index contributed by atoms with van der Waals surface area (Å²) in [6.07, 6.45) is 1.08. The molecular formula is C31H38N4O3. The van der Waals surface area contributed by atoms with Crippen LogP contribution in [0.1, 0.15) is 35.7 Å². The number of anilines is 1. The summed E-state index contributed by atoms with van der Waals surface area (Å²) < 4.78 is 5.73. The van der Waals surface area contributed by atoms with Gasteiger partial charge < -0.3 is 20.3 Å². The van der Waals surface area contributed by atoms with Gasteiger partial charge in [0.2, 0.25) is 0 Å². The normalized spacial score (nSPS) is 14.2. The fourth-order valence-corrected chi connectivity index (χ4v) is 4.62. The van der Waals surface area contributed by atoms with Crippen LogP contribution in [0, 0.1) is 0 Å². The number of nitrogens with one attached hydrogen (secondary N) is 3. The number of para-hydroxylation sites is 1. The van der Waals surface area contributed by atoms with Crippen LogP contribution in [0.5, 0.6) is 0 Å². The van der Waals surface area contributed by atoms with Crippen LogP contribution in [0.4, 0.5) is 10.5 Å². The van der Waals surface area contributed by atoms with Crippen LogP contribution in [0.3, 0.4) is 0 Å². The average molecular weight is 515 g/mol. The molecule has 0 saturated carbocycles. The first-order valence-corrected chi connectivity index (χ1v) is 13.5. The van der Waals surface area contributed by atoms with Gasteiger partial charge >= 0.3 is 6.09 Å². The molecule has 1 saturated heterocycles. The van der Waals surface area contributed by atoms with Crippen LogP contribution >= 0.6 is 0 Å². The van der Waals surface area contributed by atoms with Gasteiger partial charge in [0.15, 0.2) is 5.78 Å². The number of ether oxygens (including phenoxy) is 1. The number of piperidine rings is 1. The van der Waals surface area contributed by atoms with E-state index >= 15 is 0 Å². The third-order valence-corrected chi connectivity index (χ3v) is 6.80. The molecule has 3 aromatic rings. The van der Waals surface area contributed by atoms with E-state index in [1.54, 1.807) is 0 Å². The van der Waals surface area contributed by atoms with Crippen LogP contribution in [-0.2, 0) is 11.3 Å². The number of carbonyl (C=O) groups is 2. The van der Waals surface area contributed by atoms with Crippen molar-refractivity contribution < 1.29 is 14.3 Å². The number of hydrogen-bond acceptors (Lipinski definition) is 6.